The van der Waals surface area contributed by atoms with E-state index in [1.807, 2.05) is 0 Å². The summed E-state index contributed by atoms with van der Waals surface area (Å²) in [6, 6.07) is 7.06. The second kappa shape index (κ2) is 5.18. The Morgan fingerprint density at radius 1 is 1.24 bits per heavy atom. The predicted molar refractivity (Wildman–Crippen MR) is 62.4 cm³/mol. The van der Waals surface area contributed by atoms with Crippen LogP contribution in [0.3, 0.4) is 0 Å². The molecule has 86 valence electrons. The van der Waals surface area contributed by atoms with Crippen LogP contribution in [0.15, 0.2) is 43.0 Å². The fourth-order valence-corrected chi connectivity index (χ4v) is 1.39. The maximum atomic E-state index is 11.8. The van der Waals surface area contributed by atoms with Gasteiger partial charge in [0, 0.05) is 23.6 Å². The van der Waals surface area contributed by atoms with Gasteiger partial charge in [-0.3, -0.25) is 4.79 Å². The average Bonchev–Trinajstić information content (AvgIpc) is 2.40. The van der Waals surface area contributed by atoms with Gasteiger partial charge >= 0.3 is 0 Å². The summed E-state index contributed by atoms with van der Waals surface area (Å²) < 4.78 is 0. The number of benzene rings is 1. The van der Waals surface area contributed by atoms with E-state index in [2.05, 4.69) is 15.3 Å². The van der Waals surface area contributed by atoms with Crippen molar-refractivity contribution in [3.05, 3.63) is 54.1 Å². The fraction of sp³-hybridized carbons (Fsp3) is 0.0833. The molecule has 0 saturated heterocycles. The van der Waals surface area contributed by atoms with E-state index in [0.717, 1.165) is 0 Å². The number of carbonyl (C=O) groups is 1. The molecule has 0 unspecified atom stereocenters. The zero-order valence-corrected chi connectivity index (χ0v) is 9.00. The summed E-state index contributed by atoms with van der Waals surface area (Å²) in [7, 11) is 0. The molecular weight excluding hydrogens is 218 g/mol. The molecule has 0 saturated carbocycles. The largest absolute Gasteiger partial charge is 0.392 e. The lowest BCUT2D eigenvalue weighted by Gasteiger charge is -2.08. The molecule has 1 amide bonds. The van der Waals surface area contributed by atoms with Crippen molar-refractivity contribution in [2.24, 2.45) is 0 Å². The number of carbonyl (C=O) groups excluding carboxylic acids is 1. The number of hydrogen-bond acceptors (Lipinski definition) is 4. The van der Waals surface area contributed by atoms with Gasteiger partial charge in [-0.05, 0) is 6.07 Å². The molecule has 0 radical (unpaired) electrons. The lowest BCUT2D eigenvalue weighted by Crippen LogP contribution is -2.13. The molecule has 1 aromatic heterocycles. The molecule has 0 aliphatic rings. The number of amides is 1. The number of nitrogens with zero attached hydrogens (tertiary/aromatic N) is 2. The maximum Gasteiger partial charge on any atom is 0.258 e. The van der Waals surface area contributed by atoms with Crippen LogP contribution in [0.2, 0.25) is 0 Å². The number of hydrogen-bond donors (Lipinski definition) is 2. The van der Waals surface area contributed by atoms with Crippen molar-refractivity contribution in [1.29, 1.82) is 0 Å². The van der Waals surface area contributed by atoms with Crippen LogP contribution in [-0.2, 0) is 6.61 Å². The Kier molecular flexibility index (Phi) is 3.42. The van der Waals surface area contributed by atoms with Crippen molar-refractivity contribution >= 4 is 11.6 Å². The first-order chi connectivity index (χ1) is 8.31. The second-order valence-corrected chi connectivity index (χ2v) is 3.40. The summed E-state index contributed by atoms with van der Waals surface area (Å²) >= 11 is 0. The van der Waals surface area contributed by atoms with Crippen LogP contribution in [0.25, 0.3) is 0 Å². The standard InChI is InChI=1S/C12H11N3O2/c16-7-9-3-1-2-4-11(9)15-12(17)10-5-13-8-14-6-10/h1-6,8,16H,7H2,(H,15,17). The zero-order chi connectivity index (χ0) is 12.1. The summed E-state index contributed by atoms with van der Waals surface area (Å²) in [6.07, 6.45) is 4.23. The zero-order valence-electron chi connectivity index (χ0n) is 9.00. The average molecular weight is 229 g/mol. The lowest BCUT2D eigenvalue weighted by molar-refractivity contribution is 0.102. The molecule has 0 aliphatic heterocycles. The topological polar surface area (TPSA) is 75.1 Å². The Morgan fingerprint density at radius 3 is 2.65 bits per heavy atom. The first-order valence-electron chi connectivity index (χ1n) is 5.06. The van der Waals surface area contributed by atoms with Gasteiger partial charge < -0.3 is 10.4 Å². The quantitative estimate of drug-likeness (QED) is 0.829. The van der Waals surface area contributed by atoms with E-state index in [0.29, 0.717) is 16.8 Å². The number of nitrogens with one attached hydrogen (secondary N) is 1. The van der Waals surface area contributed by atoms with Gasteiger partial charge in [-0.2, -0.15) is 0 Å². The minimum atomic E-state index is -0.300. The van der Waals surface area contributed by atoms with Gasteiger partial charge in [0.05, 0.1) is 12.2 Å². The van der Waals surface area contributed by atoms with Gasteiger partial charge in [-0.25, -0.2) is 9.97 Å². The molecule has 0 fully saturated rings. The number of aliphatic hydroxyl groups is 1. The normalized spacial score (nSPS) is 9.94. The Bertz CT molecular complexity index is 514. The van der Waals surface area contributed by atoms with Crippen molar-refractivity contribution in [2.75, 3.05) is 5.32 Å². The number of anilines is 1. The smallest absolute Gasteiger partial charge is 0.258 e. The van der Waals surface area contributed by atoms with Crippen LogP contribution in [0.1, 0.15) is 15.9 Å². The Balaban J connectivity index is 2.19. The molecule has 2 N–H and O–H groups in total. The molecule has 0 aliphatic carbocycles. The Labute approximate surface area is 98.2 Å². The highest BCUT2D eigenvalue weighted by atomic mass is 16.3. The van der Waals surface area contributed by atoms with Crippen LogP contribution >= 0.6 is 0 Å². The van der Waals surface area contributed by atoms with Crippen LogP contribution < -0.4 is 5.32 Å². The van der Waals surface area contributed by atoms with Gasteiger partial charge in [0.1, 0.15) is 6.33 Å². The molecule has 0 bridgehead atoms. The highest BCUT2D eigenvalue weighted by Gasteiger charge is 2.08. The fourth-order valence-electron chi connectivity index (χ4n) is 1.39. The maximum absolute atomic E-state index is 11.8. The molecule has 17 heavy (non-hydrogen) atoms. The molecule has 5 nitrogen and oxygen atoms in total. The molecule has 1 aromatic carbocycles. The minimum absolute atomic E-state index is 0.123. The van der Waals surface area contributed by atoms with Crippen molar-refractivity contribution in [2.45, 2.75) is 6.61 Å². The molecule has 2 aromatic rings. The van der Waals surface area contributed by atoms with Gasteiger partial charge in [0.25, 0.3) is 5.91 Å². The van der Waals surface area contributed by atoms with E-state index < -0.39 is 0 Å². The van der Waals surface area contributed by atoms with Crippen molar-refractivity contribution in [1.82, 2.24) is 9.97 Å². The van der Waals surface area contributed by atoms with Gasteiger partial charge in [0.2, 0.25) is 0 Å². The van der Waals surface area contributed by atoms with Crippen LogP contribution in [0, 0.1) is 0 Å². The van der Waals surface area contributed by atoms with E-state index >= 15 is 0 Å². The van der Waals surface area contributed by atoms with Crippen molar-refractivity contribution in [3.8, 4) is 0 Å². The van der Waals surface area contributed by atoms with E-state index in [1.165, 1.54) is 18.7 Å². The van der Waals surface area contributed by atoms with Gasteiger partial charge in [0.15, 0.2) is 0 Å². The molecule has 0 atom stereocenters. The third-order valence-electron chi connectivity index (χ3n) is 2.26. The SMILES string of the molecule is O=C(Nc1ccccc1CO)c1cncnc1. The number of rotatable bonds is 3. The summed E-state index contributed by atoms with van der Waals surface area (Å²) in [4.78, 5) is 19.3. The third kappa shape index (κ3) is 2.64. The van der Waals surface area contributed by atoms with Crippen LogP contribution in [-0.4, -0.2) is 21.0 Å². The van der Waals surface area contributed by atoms with Crippen molar-refractivity contribution in [3.63, 3.8) is 0 Å². The third-order valence-corrected chi connectivity index (χ3v) is 2.26. The second-order valence-electron chi connectivity index (χ2n) is 3.40. The summed E-state index contributed by atoms with van der Waals surface area (Å²) in [5.74, 6) is -0.300. The molecule has 1 heterocycles. The Hall–Kier alpha value is -2.27. The predicted octanol–water partition coefficient (Wildman–Crippen LogP) is 1.22. The van der Waals surface area contributed by atoms with Gasteiger partial charge in [-0.15, -0.1) is 0 Å². The Morgan fingerprint density at radius 2 is 1.94 bits per heavy atom. The first-order valence-corrected chi connectivity index (χ1v) is 5.06. The van der Waals surface area contributed by atoms with E-state index in [4.69, 9.17) is 5.11 Å². The number of aromatic nitrogens is 2. The molecule has 2 rings (SSSR count). The van der Waals surface area contributed by atoms with Crippen LogP contribution in [0.4, 0.5) is 5.69 Å². The minimum Gasteiger partial charge on any atom is -0.392 e. The van der Waals surface area contributed by atoms with Crippen LogP contribution in [0.5, 0.6) is 0 Å². The highest BCUT2D eigenvalue weighted by molar-refractivity contribution is 6.04. The summed E-state index contributed by atoms with van der Waals surface area (Å²) in [5.41, 5.74) is 1.63. The number of aliphatic hydroxyl groups excluding tert-OH is 1. The molecule has 0 spiro atoms. The highest BCUT2D eigenvalue weighted by Crippen LogP contribution is 2.15. The number of para-hydroxylation sites is 1. The van der Waals surface area contributed by atoms with E-state index in [1.54, 1.807) is 24.3 Å². The van der Waals surface area contributed by atoms with E-state index in [9.17, 15) is 4.79 Å². The van der Waals surface area contributed by atoms with E-state index in [-0.39, 0.29) is 12.5 Å². The monoisotopic (exact) mass is 229 g/mol. The molecule has 5 heteroatoms. The molecular formula is C12H11N3O2. The first kappa shape index (κ1) is 11.2. The lowest BCUT2D eigenvalue weighted by atomic mass is 10.2. The summed E-state index contributed by atoms with van der Waals surface area (Å²) in [5, 5.41) is 11.8. The van der Waals surface area contributed by atoms with Gasteiger partial charge in [-0.1, -0.05) is 18.2 Å². The van der Waals surface area contributed by atoms with Crippen molar-refractivity contribution < 1.29 is 9.90 Å². The summed E-state index contributed by atoms with van der Waals surface area (Å²) in [6.45, 7) is -0.123.